The van der Waals surface area contributed by atoms with Crippen LogP contribution in [-0.2, 0) is 4.79 Å². The summed E-state index contributed by atoms with van der Waals surface area (Å²) in [7, 11) is 0. The molecule has 0 radical (unpaired) electrons. The van der Waals surface area contributed by atoms with Crippen LogP contribution in [0.2, 0.25) is 0 Å². The van der Waals surface area contributed by atoms with E-state index in [1.165, 1.54) is 33.9 Å². The lowest BCUT2D eigenvalue weighted by molar-refractivity contribution is -0.131. The Morgan fingerprint density at radius 2 is 1.23 bits per heavy atom. The molecule has 0 saturated carbocycles. The van der Waals surface area contributed by atoms with Gasteiger partial charge in [-0.05, 0) is 44.5 Å². The van der Waals surface area contributed by atoms with Crippen molar-refractivity contribution in [3.8, 4) is 5.75 Å². The lowest BCUT2D eigenvalue weighted by Crippen LogP contribution is -2.02. The van der Waals surface area contributed by atoms with Gasteiger partial charge in [-0.25, -0.2) is 0 Å². The molecule has 124 valence electrons. The molecule has 0 heterocycles. The van der Waals surface area contributed by atoms with E-state index in [-0.39, 0.29) is 5.97 Å². The number of hydrogen-bond donors (Lipinski definition) is 0. The SMILES string of the molecule is CC(=O)Oc1cc2ccc3ccccc3c2c2c1ccc1ccccc12. The minimum absolute atomic E-state index is 0.306. The third kappa shape index (κ3) is 2.16. The maximum absolute atomic E-state index is 11.6. The van der Waals surface area contributed by atoms with Crippen molar-refractivity contribution in [2.24, 2.45) is 0 Å². The summed E-state index contributed by atoms with van der Waals surface area (Å²) < 4.78 is 5.56. The quantitative estimate of drug-likeness (QED) is 0.206. The average molecular weight is 336 g/mol. The molecule has 0 saturated heterocycles. The first-order valence-corrected chi connectivity index (χ1v) is 8.67. The fourth-order valence-electron chi connectivity index (χ4n) is 3.89. The topological polar surface area (TPSA) is 26.3 Å². The Balaban J connectivity index is 2.10. The highest BCUT2D eigenvalue weighted by Gasteiger charge is 2.14. The Hall–Kier alpha value is -3.39. The number of hydrogen-bond acceptors (Lipinski definition) is 2. The van der Waals surface area contributed by atoms with Crippen LogP contribution in [0.5, 0.6) is 5.75 Å². The van der Waals surface area contributed by atoms with Crippen molar-refractivity contribution < 1.29 is 9.53 Å². The Kier molecular flexibility index (Phi) is 3.19. The van der Waals surface area contributed by atoms with Crippen LogP contribution in [-0.4, -0.2) is 5.97 Å². The molecule has 5 aromatic rings. The summed E-state index contributed by atoms with van der Waals surface area (Å²) in [6.45, 7) is 1.44. The van der Waals surface area contributed by atoms with E-state index in [0.29, 0.717) is 5.75 Å². The molecule has 0 aliphatic carbocycles. The molecule has 2 heteroatoms. The molecule has 0 aliphatic rings. The molecule has 0 unspecified atom stereocenters. The third-order valence-electron chi connectivity index (χ3n) is 4.95. The van der Waals surface area contributed by atoms with Gasteiger partial charge in [-0.2, -0.15) is 0 Å². The second-order valence-electron chi connectivity index (χ2n) is 6.56. The Labute approximate surface area is 150 Å². The van der Waals surface area contributed by atoms with Crippen LogP contribution in [0.3, 0.4) is 0 Å². The number of esters is 1. The molecule has 0 spiro atoms. The van der Waals surface area contributed by atoms with Gasteiger partial charge in [0.05, 0.1) is 0 Å². The Morgan fingerprint density at radius 1 is 0.654 bits per heavy atom. The van der Waals surface area contributed by atoms with Gasteiger partial charge in [-0.3, -0.25) is 4.79 Å². The van der Waals surface area contributed by atoms with Crippen molar-refractivity contribution in [2.75, 3.05) is 0 Å². The predicted octanol–water partition coefficient (Wildman–Crippen LogP) is 6.22. The largest absolute Gasteiger partial charge is 0.426 e. The van der Waals surface area contributed by atoms with Crippen molar-refractivity contribution in [2.45, 2.75) is 6.92 Å². The summed E-state index contributed by atoms with van der Waals surface area (Å²) in [5.74, 6) is 0.306. The van der Waals surface area contributed by atoms with Crippen LogP contribution in [0.25, 0.3) is 43.1 Å². The minimum Gasteiger partial charge on any atom is -0.426 e. The molecule has 0 aliphatic heterocycles. The molecule has 0 amide bonds. The zero-order valence-corrected chi connectivity index (χ0v) is 14.3. The van der Waals surface area contributed by atoms with Crippen LogP contribution >= 0.6 is 0 Å². The fourth-order valence-corrected chi connectivity index (χ4v) is 3.89. The second-order valence-corrected chi connectivity index (χ2v) is 6.56. The van der Waals surface area contributed by atoms with Crippen LogP contribution in [0.15, 0.2) is 78.9 Å². The van der Waals surface area contributed by atoms with Gasteiger partial charge in [0.2, 0.25) is 0 Å². The number of carbonyl (C=O) groups excluding carboxylic acids is 1. The van der Waals surface area contributed by atoms with E-state index in [9.17, 15) is 4.79 Å². The number of fused-ring (bicyclic) bond motifs is 7. The maximum atomic E-state index is 11.6. The molecule has 0 bridgehead atoms. The standard InChI is InChI=1S/C24H16O2/c1-15(25)26-22-14-18-11-10-16-6-2-4-8-19(16)23(18)24-20-9-5-3-7-17(20)12-13-21(22)24/h2-14H,1H3. The summed E-state index contributed by atoms with van der Waals surface area (Å²) in [6, 6.07) is 27.1. The molecule has 5 aromatic carbocycles. The van der Waals surface area contributed by atoms with E-state index < -0.39 is 0 Å². The van der Waals surface area contributed by atoms with Gasteiger partial charge in [-0.15, -0.1) is 0 Å². The molecule has 0 N–H and O–H groups in total. The van der Waals surface area contributed by atoms with Gasteiger partial charge in [0, 0.05) is 17.7 Å². The number of rotatable bonds is 1. The molecule has 2 nitrogen and oxygen atoms in total. The molecule has 0 atom stereocenters. The van der Waals surface area contributed by atoms with Crippen LogP contribution in [0.1, 0.15) is 6.92 Å². The van der Waals surface area contributed by atoms with E-state index in [0.717, 1.165) is 16.2 Å². The Morgan fingerprint density at radius 3 is 1.92 bits per heavy atom. The second kappa shape index (κ2) is 5.57. The van der Waals surface area contributed by atoms with Crippen molar-refractivity contribution in [1.82, 2.24) is 0 Å². The summed E-state index contributed by atoms with van der Waals surface area (Å²) in [6.07, 6.45) is 0. The third-order valence-corrected chi connectivity index (χ3v) is 4.95. The van der Waals surface area contributed by atoms with Gasteiger partial charge in [0.15, 0.2) is 0 Å². The van der Waals surface area contributed by atoms with Crippen molar-refractivity contribution in [1.29, 1.82) is 0 Å². The monoisotopic (exact) mass is 336 g/mol. The van der Waals surface area contributed by atoms with Crippen molar-refractivity contribution in [3.05, 3.63) is 78.9 Å². The first kappa shape index (κ1) is 14.9. The molecular weight excluding hydrogens is 320 g/mol. The average Bonchev–Trinajstić information content (AvgIpc) is 2.67. The summed E-state index contributed by atoms with van der Waals surface area (Å²) in [5, 5.41) is 9.12. The maximum Gasteiger partial charge on any atom is 0.308 e. The van der Waals surface area contributed by atoms with Crippen molar-refractivity contribution >= 4 is 49.1 Å². The summed E-state index contributed by atoms with van der Waals surface area (Å²) >= 11 is 0. The highest BCUT2D eigenvalue weighted by Crippen LogP contribution is 2.41. The van der Waals surface area contributed by atoms with E-state index in [1.54, 1.807) is 0 Å². The molecule has 5 rings (SSSR count). The van der Waals surface area contributed by atoms with Crippen molar-refractivity contribution in [3.63, 3.8) is 0 Å². The molecule has 0 fully saturated rings. The Bertz CT molecular complexity index is 1330. The normalized spacial score (nSPS) is 11.4. The van der Waals surface area contributed by atoms with Gasteiger partial charge in [0.1, 0.15) is 5.75 Å². The zero-order valence-electron chi connectivity index (χ0n) is 14.3. The lowest BCUT2D eigenvalue weighted by Gasteiger charge is -2.14. The summed E-state index contributed by atoms with van der Waals surface area (Å²) in [5.41, 5.74) is 0. The number of carbonyl (C=O) groups is 1. The first-order chi connectivity index (χ1) is 12.7. The predicted molar refractivity (Wildman–Crippen MR) is 108 cm³/mol. The molecule has 0 aromatic heterocycles. The first-order valence-electron chi connectivity index (χ1n) is 8.67. The number of benzene rings is 5. The zero-order chi connectivity index (χ0) is 17.7. The highest BCUT2D eigenvalue weighted by molar-refractivity contribution is 6.28. The van der Waals surface area contributed by atoms with Crippen LogP contribution in [0, 0.1) is 0 Å². The van der Waals surface area contributed by atoms with E-state index in [1.807, 2.05) is 12.1 Å². The van der Waals surface area contributed by atoms with E-state index in [4.69, 9.17) is 4.74 Å². The van der Waals surface area contributed by atoms with Gasteiger partial charge in [0.25, 0.3) is 0 Å². The van der Waals surface area contributed by atoms with Gasteiger partial charge >= 0.3 is 5.97 Å². The van der Waals surface area contributed by atoms with Gasteiger partial charge < -0.3 is 4.74 Å². The lowest BCUT2D eigenvalue weighted by atomic mass is 9.92. The van der Waals surface area contributed by atoms with Crippen LogP contribution in [0.4, 0.5) is 0 Å². The molecule has 26 heavy (non-hydrogen) atoms. The van der Waals surface area contributed by atoms with E-state index >= 15 is 0 Å². The molecular formula is C24H16O2. The fraction of sp³-hybridized carbons (Fsp3) is 0.0417. The highest BCUT2D eigenvalue weighted by atomic mass is 16.5. The van der Waals surface area contributed by atoms with Crippen LogP contribution < -0.4 is 4.74 Å². The minimum atomic E-state index is -0.306. The summed E-state index contributed by atoms with van der Waals surface area (Å²) in [4.78, 5) is 11.6. The smallest absolute Gasteiger partial charge is 0.308 e. The van der Waals surface area contributed by atoms with Gasteiger partial charge in [-0.1, -0.05) is 66.7 Å². The number of ether oxygens (including phenoxy) is 1. The van der Waals surface area contributed by atoms with E-state index in [2.05, 4.69) is 66.7 Å².